The molecule has 3 N–H and O–H groups in total. The Hall–Kier alpha value is -4.95. The summed E-state index contributed by atoms with van der Waals surface area (Å²) in [6, 6.07) is 2.38. The quantitative estimate of drug-likeness (QED) is 0.163. The lowest BCUT2D eigenvalue weighted by molar-refractivity contribution is -0.143. The number of halogens is 6. The second kappa shape index (κ2) is 12.8. The SMILES string of the molecule is COC(=O)C1CC12CCc1c(F)cc(O)c(F)c12.COC(=O)[C@@H]1C[C@]12CCc1c(F)cc(O)c(F)c12.COC(=O)[C@H]1C[C@@]12CCc1c(F)cc(O)c(F)c12. The van der Waals surface area contributed by atoms with E-state index in [0.717, 1.165) is 18.2 Å². The van der Waals surface area contributed by atoms with Gasteiger partial charge in [0.05, 0.1) is 39.1 Å². The van der Waals surface area contributed by atoms with Gasteiger partial charge in [-0.15, -0.1) is 0 Å². The van der Waals surface area contributed by atoms with E-state index >= 15 is 0 Å². The average molecular weight is 763 g/mol. The van der Waals surface area contributed by atoms with Crippen LogP contribution >= 0.6 is 0 Å². The molecule has 3 aromatic rings. The minimum absolute atomic E-state index is 0.176. The van der Waals surface area contributed by atoms with Crippen LogP contribution in [0.15, 0.2) is 18.2 Å². The number of phenols is 3. The van der Waals surface area contributed by atoms with Crippen LogP contribution in [0.2, 0.25) is 0 Å². The van der Waals surface area contributed by atoms with Crippen molar-refractivity contribution in [3.05, 3.63) is 86.5 Å². The van der Waals surface area contributed by atoms with Gasteiger partial charge in [0.2, 0.25) is 0 Å². The van der Waals surface area contributed by atoms with Crippen molar-refractivity contribution in [1.29, 1.82) is 0 Å². The first-order valence-corrected chi connectivity index (χ1v) is 17.4. The van der Waals surface area contributed by atoms with E-state index in [1.807, 2.05) is 0 Å². The molecule has 15 heteroatoms. The number of ether oxygens (including phenoxy) is 3. The van der Waals surface area contributed by atoms with Crippen molar-refractivity contribution < 1.29 is 70.3 Å². The molecule has 54 heavy (non-hydrogen) atoms. The van der Waals surface area contributed by atoms with Gasteiger partial charge in [0.1, 0.15) is 17.5 Å². The first-order valence-electron chi connectivity index (χ1n) is 17.4. The third-order valence-corrected chi connectivity index (χ3v) is 12.5. The van der Waals surface area contributed by atoms with Crippen LogP contribution in [-0.4, -0.2) is 54.6 Å². The van der Waals surface area contributed by atoms with Crippen LogP contribution in [-0.2, 0) is 64.1 Å². The third kappa shape index (κ3) is 5.39. The van der Waals surface area contributed by atoms with Crippen LogP contribution in [0.3, 0.4) is 0 Å². The summed E-state index contributed by atoms with van der Waals surface area (Å²) in [6.45, 7) is 0. The lowest BCUT2D eigenvalue weighted by atomic mass is 9.94. The number of esters is 3. The number of hydrogen-bond donors (Lipinski definition) is 3. The van der Waals surface area contributed by atoms with Crippen LogP contribution < -0.4 is 0 Å². The number of phenolic OH excluding ortho intramolecular Hbond substituents is 3. The van der Waals surface area contributed by atoms with E-state index in [4.69, 9.17) is 0 Å². The highest BCUT2D eigenvalue weighted by Crippen LogP contribution is 2.65. The van der Waals surface area contributed by atoms with Crippen LogP contribution in [0.25, 0.3) is 0 Å². The lowest BCUT2D eigenvalue weighted by Gasteiger charge is -2.12. The summed E-state index contributed by atoms with van der Waals surface area (Å²) in [5.41, 5.74) is -0.587. The molecule has 9 nitrogen and oxygen atoms in total. The van der Waals surface area contributed by atoms with Gasteiger partial charge >= 0.3 is 17.9 Å². The molecule has 6 aliphatic rings. The number of benzene rings is 3. The number of carbonyl (C=O) groups is 3. The second-order valence-corrected chi connectivity index (χ2v) is 14.9. The molecule has 0 radical (unpaired) electrons. The van der Waals surface area contributed by atoms with Crippen LogP contribution in [0.4, 0.5) is 26.3 Å². The normalized spacial score (nSPS) is 28.3. The van der Waals surface area contributed by atoms with Crippen molar-refractivity contribution in [3.63, 3.8) is 0 Å². The molecule has 3 fully saturated rings. The molecule has 3 saturated carbocycles. The molecule has 3 spiro atoms. The Morgan fingerprint density at radius 1 is 0.519 bits per heavy atom. The predicted octanol–water partition coefficient (Wildman–Crippen LogP) is 6.14. The molecular weight excluding hydrogens is 726 g/mol. The summed E-state index contributed by atoms with van der Waals surface area (Å²) in [4.78, 5) is 34.6. The standard InChI is InChI=1S/3C13H12F2O3/c3*1-18-12(17)7-5-13(7)3-2-6-8(14)4-9(16)11(15)10(6)13/h3*4,7,16H,2-3,5H2,1H3/t2*7-,13+;/m10./s1. The van der Waals surface area contributed by atoms with Crippen LogP contribution in [0.1, 0.15) is 71.9 Å². The molecule has 6 atom stereocenters. The summed E-state index contributed by atoms with van der Waals surface area (Å²) in [5, 5.41) is 28.1. The van der Waals surface area contributed by atoms with Gasteiger partial charge in [0.25, 0.3) is 0 Å². The van der Waals surface area contributed by atoms with E-state index in [9.17, 15) is 56.0 Å². The fourth-order valence-electron chi connectivity index (χ4n) is 9.59. The predicted molar refractivity (Wildman–Crippen MR) is 174 cm³/mol. The van der Waals surface area contributed by atoms with Gasteiger partial charge < -0.3 is 29.5 Å². The third-order valence-electron chi connectivity index (χ3n) is 12.5. The molecule has 0 bridgehead atoms. The zero-order valence-corrected chi connectivity index (χ0v) is 29.4. The first-order chi connectivity index (χ1) is 25.5. The number of methoxy groups -OCH3 is 3. The van der Waals surface area contributed by atoms with Gasteiger partial charge in [0.15, 0.2) is 34.7 Å². The van der Waals surface area contributed by atoms with Crippen LogP contribution in [0, 0.1) is 52.7 Å². The molecule has 0 heterocycles. The van der Waals surface area contributed by atoms with Crippen LogP contribution in [0.5, 0.6) is 17.2 Å². The maximum atomic E-state index is 14.0. The number of carbonyl (C=O) groups excluding carboxylic acids is 3. The van der Waals surface area contributed by atoms with Gasteiger partial charge in [-0.1, -0.05) is 0 Å². The Kier molecular flexibility index (Phi) is 8.88. The van der Waals surface area contributed by atoms with Gasteiger partial charge in [-0.2, -0.15) is 0 Å². The molecule has 288 valence electrons. The summed E-state index contributed by atoms with van der Waals surface area (Å²) >= 11 is 0. The highest BCUT2D eigenvalue weighted by atomic mass is 19.1. The summed E-state index contributed by atoms with van der Waals surface area (Å²) in [5.74, 6) is -8.71. The Morgan fingerprint density at radius 3 is 0.981 bits per heavy atom. The second-order valence-electron chi connectivity index (χ2n) is 14.9. The Morgan fingerprint density at radius 2 is 0.759 bits per heavy atom. The van der Waals surface area contributed by atoms with E-state index in [2.05, 4.69) is 14.2 Å². The van der Waals surface area contributed by atoms with E-state index in [1.54, 1.807) is 0 Å². The zero-order valence-electron chi connectivity index (χ0n) is 29.4. The lowest BCUT2D eigenvalue weighted by Crippen LogP contribution is -2.15. The summed E-state index contributed by atoms with van der Waals surface area (Å²) in [6.07, 6.45) is 4.16. The Labute approximate surface area is 304 Å². The Bertz CT molecular complexity index is 1900. The van der Waals surface area contributed by atoms with Crippen molar-refractivity contribution in [2.45, 2.75) is 74.0 Å². The van der Waals surface area contributed by atoms with Crippen molar-refractivity contribution in [1.82, 2.24) is 0 Å². The molecule has 0 aliphatic heterocycles. The van der Waals surface area contributed by atoms with E-state index < -0.39 is 104 Å². The topological polar surface area (TPSA) is 140 Å². The molecule has 0 saturated heterocycles. The first kappa shape index (κ1) is 37.4. The fraction of sp³-hybridized carbons (Fsp3) is 0.462. The molecule has 0 aromatic heterocycles. The highest BCUT2D eigenvalue weighted by Gasteiger charge is 2.66. The van der Waals surface area contributed by atoms with Gasteiger partial charge in [-0.25, -0.2) is 26.3 Å². The Balaban J connectivity index is 0.000000125. The molecule has 0 amide bonds. The minimum Gasteiger partial charge on any atom is -0.505 e. The minimum atomic E-state index is -0.796. The van der Waals surface area contributed by atoms with E-state index in [0.29, 0.717) is 57.8 Å². The highest BCUT2D eigenvalue weighted by molar-refractivity contribution is 5.81. The zero-order chi connectivity index (χ0) is 39.2. The number of aromatic hydroxyl groups is 3. The molecule has 9 rings (SSSR count). The van der Waals surface area contributed by atoms with Gasteiger partial charge in [-0.3, -0.25) is 14.4 Å². The van der Waals surface area contributed by atoms with E-state index in [1.165, 1.54) is 21.3 Å². The summed E-state index contributed by atoms with van der Waals surface area (Å²) < 4.78 is 97.0. The average Bonchev–Trinajstić information content (AvgIpc) is 4.05. The van der Waals surface area contributed by atoms with Crippen molar-refractivity contribution in [2.24, 2.45) is 17.8 Å². The monoisotopic (exact) mass is 762 g/mol. The smallest absolute Gasteiger partial charge is 0.309 e. The number of rotatable bonds is 3. The van der Waals surface area contributed by atoms with Crippen molar-refractivity contribution in [3.8, 4) is 17.2 Å². The maximum absolute atomic E-state index is 14.0. The van der Waals surface area contributed by atoms with Crippen molar-refractivity contribution in [2.75, 3.05) is 21.3 Å². The number of hydrogen-bond acceptors (Lipinski definition) is 9. The molecular formula is C39H36F6O9. The summed E-state index contributed by atoms with van der Waals surface area (Å²) in [7, 11) is 3.84. The largest absolute Gasteiger partial charge is 0.505 e. The number of fused-ring (bicyclic) bond motifs is 6. The van der Waals surface area contributed by atoms with Gasteiger partial charge in [-0.05, 0) is 74.5 Å². The van der Waals surface area contributed by atoms with Gasteiger partial charge in [0, 0.05) is 51.1 Å². The maximum Gasteiger partial charge on any atom is 0.309 e. The fourth-order valence-corrected chi connectivity index (χ4v) is 9.59. The molecule has 6 aliphatic carbocycles. The molecule has 2 unspecified atom stereocenters. The molecule has 3 aromatic carbocycles. The van der Waals surface area contributed by atoms with Crippen molar-refractivity contribution >= 4 is 17.9 Å². The van der Waals surface area contributed by atoms with E-state index in [-0.39, 0.29) is 33.4 Å².